The van der Waals surface area contributed by atoms with Gasteiger partial charge in [-0.15, -0.1) is 6.58 Å². The molecule has 2 aliphatic rings. The van der Waals surface area contributed by atoms with E-state index in [4.69, 9.17) is 14.2 Å². The highest BCUT2D eigenvalue weighted by atomic mass is 16.8. The van der Waals surface area contributed by atoms with Crippen LogP contribution in [0.3, 0.4) is 0 Å². The van der Waals surface area contributed by atoms with Gasteiger partial charge < -0.3 is 14.2 Å². The Kier molecular flexibility index (Phi) is 4.61. The first-order valence-electron chi connectivity index (χ1n) is 7.89. The van der Waals surface area contributed by atoms with Gasteiger partial charge in [-0.1, -0.05) is 18.2 Å². The fraction of sp³-hybridized carbons (Fsp3) is 0.556. The molecule has 3 rings (SSSR count). The molecule has 21 heavy (non-hydrogen) atoms. The van der Waals surface area contributed by atoms with Gasteiger partial charge >= 0.3 is 0 Å². The first-order chi connectivity index (χ1) is 10.3. The highest BCUT2D eigenvalue weighted by Crippen LogP contribution is 2.30. The number of hydrogen-bond donors (Lipinski definition) is 0. The lowest BCUT2D eigenvalue weighted by Gasteiger charge is -2.11. The van der Waals surface area contributed by atoms with Crippen LogP contribution in [0, 0.1) is 5.92 Å². The molecule has 1 heterocycles. The summed E-state index contributed by atoms with van der Waals surface area (Å²) in [7, 11) is 0. The van der Waals surface area contributed by atoms with E-state index in [2.05, 4.69) is 18.7 Å². The molecular weight excluding hydrogens is 264 g/mol. The first kappa shape index (κ1) is 14.6. The Labute approximate surface area is 126 Å². The highest BCUT2D eigenvalue weighted by Gasteiger charge is 2.37. The first-order valence-corrected chi connectivity index (χ1v) is 7.89. The number of hydrogen-bond acceptors (Lipinski definition) is 3. The summed E-state index contributed by atoms with van der Waals surface area (Å²) in [4.78, 5) is 0. The quantitative estimate of drug-likeness (QED) is 0.396. The zero-order valence-corrected chi connectivity index (χ0v) is 12.7. The van der Waals surface area contributed by atoms with Crippen molar-refractivity contribution in [2.24, 2.45) is 5.92 Å². The third-order valence-electron chi connectivity index (χ3n) is 3.97. The summed E-state index contributed by atoms with van der Waals surface area (Å²) in [5.41, 5.74) is 2.46. The predicted octanol–water partition coefficient (Wildman–Crippen LogP) is 3.51. The summed E-state index contributed by atoms with van der Waals surface area (Å²) < 4.78 is 16.9. The summed E-state index contributed by atoms with van der Waals surface area (Å²) in [5.74, 6) is 1.74. The van der Waals surface area contributed by atoms with Gasteiger partial charge in [0.25, 0.3) is 0 Å². The molecule has 1 aliphatic carbocycles. The van der Waals surface area contributed by atoms with Crippen LogP contribution < -0.4 is 4.74 Å². The van der Waals surface area contributed by atoms with Crippen LogP contribution in [0.25, 0.3) is 0 Å². The van der Waals surface area contributed by atoms with Crippen LogP contribution in [0.15, 0.2) is 30.9 Å². The molecule has 2 atom stereocenters. The summed E-state index contributed by atoms with van der Waals surface area (Å²) in [6.45, 7) is 7.57. The molecule has 0 aromatic heterocycles. The van der Waals surface area contributed by atoms with E-state index in [-0.39, 0.29) is 12.4 Å². The molecule has 2 fully saturated rings. The second-order valence-electron chi connectivity index (χ2n) is 6.03. The van der Waals surface area contributed by atoms with Crippen LogP contribution in [0.1, 0.15) is 30.9 Å². The van der Waals surface area contributed by atoms with Crippen molar-refractivity contribution in [3.05, 3.63) is 42.0 Å². The molecule has 1 aliphatic heterocycles. The molecule has 0 radical (unpaired) electrons. The van der Waals surface area contributed by atoms with Crippen LogP contribution >= 0.6 is 0 Å². The number of allylic oxidation sites excluding steroid dienone is 1. The summed E-state index contributed by atoms with van der Waals surface area (Å²) in [5, 5.41) is 0. The maximum Gasteiger partial charge on any atom is 0.226 e. The van der Waals surface area contributed by atoms with E-state index in [0.717, 1.165) is 37.7 Å². The summed E-state index contributed by atoms with van der Waals surface area (Å²) in [6.07, 6.45) is 6.49. The van der Waals surface area contributed by atoms with Crippen molar-refractivity contribution in [1.29, 1.82) is 0 Å². The number of epoxide rings is 1. The molecule has 0 amide bonds. The van der Waals surface area contributed by atoms with Crippen LogP contribution in [0.4, 0.5) is 0 Å². The molecule has 1 saturated heterocycles. The van der Waals surface area contributed by atoms with E-state index in [0.29, 0.717) is 0 Å². The second kappa shape index (κ2) is 6.63. The minimum absolute atomic E-state index is 0.0821. The van der Waals surface area contributed by atoms with E-state index in [9.17, 15) is 0 Å². The third-order valence-corrected chi connectivity index (χ3v) is 3.97. The van der Waals surface area contributed by atoms with Crippen molar-refractivity contribution in [2.45, 2.75) is 45.0 Å². The molecule has 0 bridgehead atoms. The SMILES string of the molecule is C=CCc1cc(CCOCC2CC2)ccc1OC1OC1C. The standard InChI is InChI=1S/C18H24O3/c1-3-4-16-11-14(9-10-19-12-15-5-6-15)7-8-17(16)21-18-13(2)20-18/h3,7-8,11,13,15,18H,1,4-6,9-10,12H2,2H3. The minimum Gasteiger partial charge on any atom is -0.462 e. The fourth-order valence-corrected chi connectivity index (χ4v) is 2.36. The van der Waals surface area contributed by atoms with Crippen molar-refractivity contribution in [1.82, 2.24) is 0 Å². The Morgan fingerprint density at radius 3 is 2.86 bits per heavy atom. The van der Waals surface area contributed by atoms with Gasteiger partial charge in [-0.2, -0.15) is 0 Å². The summed E-state index contributed by atoms with van der Waals surface area (Å²) >= 11 is 0. The van der Waals surface area contributed by atoms with Gasteiger partial charge in [0, 0.05) is 6.61 Å². The second-order valence-corrected chi connectivity index (χ2v) is 6.03. The minimum atomic E-state index is -0.0821. The monoisotopic (exact) mass is 288 g/mol. The van der Waals surface area contributed by atoms with E-state index < -0.39 is 0 Å². The van der Waals surface area contributed by atoms with Crippen molar-refractivity contribution < 1.29 is 14.2 Å². The molecule has 0 spiro atoms. The van der Waals surface area contributed by atoms with E-state index >= 15 is 0 Å². The molecule has 1 aromatic carbocycles. The van der Waals surface area contributed by atoms with Gasteiger partial charge in [0.15, 0.2) is 0 Å². The molecule has 114 valence electrons. The van der Waals surface area contributed by atoms with Crippen LogP contribution in [-0.4, -0.2) is 25.6 Å². The van der Waals surface area contributed by atoms with Crippen molar-refractivity contribution in [3.8, 4) is 5.75 Å². The van der Waals surface area contributed by atoms with E-state index in [1.165, 1.54) is 24.0 Å². The molecule has 1 saturated carbocycles. The zero-order valence-electron chi connectivity index (χ0n) is 12.7. The van der Waals surface area contributed by atoms with Gasteiger partial charge in [0.05, 0.1) is 6.61 Å². The maximum absolute atomic E-state index is 5.84. The normalized spacial score (nSPS) is 23.9. The lowest BCUT2D eigenvalue weighted by molar-refractivity contribution is 0.127. The Morgan fingerprint density at radius 2 is 2.19 bits per heavy atom. The summed E-state index contributed by atoms with van der Waals surface area (Å²) in [6, 6.07) is 6.36. The van der Waals surface area contributed by atoms with Gasteiger partial charge in [-0.25, -0.2) is 0 Å². The Bertz CT molecular complexity index is 493. The van der Waals surface area contributed by atoms with Crippen LogP contribution in [-0.2, 0) is 22.3 Å². The van der Waals surface area contributed by atoms with Crippen molar-refractivity contribution >= 4 is 0 Å². The van der Waals surface area contributed by atoms with Gasteiger partial charge in [0.1, 0.15) is 11.9 Å². The molecule has 2 unspecified atom stereocenters. The largest absolute Gasteiger partial charge is 0.462 e. The third kappa shape index (κ3) is 4.32. The molecule has 3 heteroatoms. The predicted molar refractivity (Wildman–Crippen MR) is 82.6 cm³/mol. The van der Waals surface area contributed by atoms with Gasteiger partial charge in [-0.3, -0.25) is 0 Å². The average molecular weight is 288 g/mol. The van der Waals surface area contributed by atoms with Gasteiger partial charge in [0.2, 0.25) is 6.29 Å². The van der Waals surface area contributed by atoms with Crippen molar-refractivity contribution in [3.63, 3.8) is 0 Å². The smallest absolute Gasteiger partial charge is 0.226 e. The molecule has 3 nitrogen and oxygen atoms in total. The number of benzene rings is 1. The highest BCUT2D eigenvalue weighted by molar-refractivity contribution is 5.39. The lowest BCUT2D eigenvalue weighted by Crippen LogP contribution is -2.05. The number of ether oxygens (including phenoxy) is 3. The van der Waals surface area contributed by atoms with Crippen LogP contribution in [0.5, 0.6) is 5.75 Å². The Hall–Kier alpha value is -1.32. The Morgan fingerprint density at radius 1 is 1.38 bits per heavy atom. The van der Waals surface area contributed by atoms with Gasteiger partial charge in [-0.05, 0) is 55.7 Å². The average Bonchev–Trinajstić information content (AvgIpc) is 3.38. The number of rotatable bonds is 9. The molecule has 0 N–H and O–H groups in total. The van der Waals surface area contributed by atoms with E-state index in [1.807, 2.05) is 19.1 Å². The topological polar surface area (TPSA) is 31.0 Å². The van der Waals surface area contributed by atoms with E-state index in [1.54, 1.807) is 0 Å². The fourth-order valence-electron chi connectivity index (χ4n) is 2.36. The van der Waals surface area contributed by atoms with Crippen LogP contribution in [0.2, 0.25) is 0 Å². The van der Waals surface area contributed by atoms with Crippen molar-refractivity contribution in [2.75, 3.05) is 13.2 Å². The zero-order chi connectivity index (χ0) is 14.7. The lowest BCUT2D eigenvalue weighted by atomic mass is 10.0. The maximum atomic E-state index is 5.84. The molecular formula is C18H24O3. The molecule has 1 aromatic rings. The Balaban J connectivity index is 1.55.